The first-order chi connectivity index (χ1) is 9.11. The summed E-state index contributed by atoms with van der Waals surface area (Å²) in [6, 6.07) is 0.00618. The molecule has 0 unspecified atom stereocenters. The Morgan fingerprint density at radius 1 is 1.30 bits per heavy atom. The maximum absolute atomic E-state index is 11.7. The topological polar surface area (TPSA) is 84.5 Å². The van der Waals surface area contributed by atoms with Crippen LogP contribution in [0.15, 0.2) is 0 Å². The van der Waals surface area contributed by atoms with Gasteiger partial charge in [0.15, 0.2) is 0 Å². The molecule has 1 saturated carbocycles. The Hall–Kier alpha value is -0.820. The second-order valence-corrected chi connectivity index (χ2v) is 8.15. The minimum absolute atomic E-state index is 0.00618. The molecular formula is C13H26N2O4S. The summed E-state index contributed by atoms with van der Waals surface area (Å²) in [6.07, 6.45) is 1.86. The Morgan fingerprint density at radius 2 is 1.95 bits per heavy atom. The van der Waals surface area contributed by atoms with Crippen molar-refractivity contribution in [3.63, 3.8) is 0 Å². The summed E-state index contributed by atoms with van der Waals surface area (Å²) in [6.45, 7) is 7.61. The number of alkyl carbamates (subject to hydrolysis) is 1. The van der Waals surface area contributed by atoms with E-state index in [1.807, 2.05) is 20.8 Å². The summed E-state index contributed by atoms with van der Waals surface area (Å²) in [5, 5.41) is 2.81. The SMILES string of the molecule is CCNS(=O)(=O)C[C@@H]1CC[C@H](NC(=O)OC(C)(C)C)C1. The first kappa shape index (κ1) is 17.2. The van der Waals surface area contributed by atoms with E-state index in [1.54, 1.807) is 6.92 Å². The molecule has 7 heteroatoms. The van der Waals surface area contributed by atoms with Crippen LogP contribution < -0.4 is 10.0 Å². The van der Waals surface area contributed by atoms with Gasteiger partial charge in [-0.1, -0.05) is 6.92 Å². The number of sulfonamides is 1. The molecule has 118 valence electrons. The van der Waals surface area contributed by atoms with Crippen molar-refractivity contribution in [1.29, 1.82) is 0 Å². The summed E-state index contributed by atoms with van der Waals surface area (Å²) >= 11 is 0. The van der Waals surface area contributed by atoms with Gasteiger partial charge < -0.3 is 10.1 Å². The molecule has 0 aromatic heterocycles. The van der Waals surface area contributed by atoms with Gasteiger partial charge in [0.05, 0.1) is 5.75 Å². The van der Waals surface area contributed by atoms with Crippen LogP contribution in [0.1, 0.15) is 47.0 Å². The second kappa shape index (κ2) is 6.76. The van der Waals surface area contributed by atoms with Crippen molar-refractivity contribution in [1.82, 2.24) is 10.0 Å². The quantitative estimate of drug-likeness (QED) is 0.808. The zero-order valence-electron chi connectivity index (χ0n) is 12.7. The van der Waals surface area contributed by atoms with Crippen LogP contribution in [-0.2, 0) is 14.8 Å². The van der Waals surface area contributed by atoms with Crippen LogP contribution in [0.3, 0.4) is 0 Å². The molecule has 0 heterocycles. The largest absolute Gasteiger partial charge is 0.444 e. The van der Waals surface area contributed by atoms with Gasteiger partial charge in [-0.2, -0.15) is 0 Å². The first-order valence-electron chi connectivity index (χ1n) is 7.08. The maximum atomic E-state index is 11.7. The van der Waals surface area contributed by atoms with Gasteiger partial charge in [0.25, 0.3) is 0 Å². The van der Waals surface area contributed by atoms with Crippen molar-refractivity contribution in [2.75, 3.05) is 12.3 Å². The van der Waals surface area contributed by atoms with Crippen LogP contribution in [-0.4, -0.2) is 38.5 Å². The third kappa shape index (κ3) is 6.56. The molecule has 0 saturated heterocycles. The summed E-state index contributed by atoms with van der Waals surface area (Å²) in [5.74, 6) is 0.229. The van der Waals surface area contributed by atoms with E-state index in [2.05, 4.69) is 10.0 Å². The Bertz CT molecular complexity index is 428. The first-order valence-corrected chi connectivity index (χ1v) is 8.73. The molecule has 0 aromatic rings. The third-order valence-corrected chi connectivity index (χ3v) is 4.72. The van der Waals surface area contributed by atoms with E-state index >= 15 is 0 Å². The van der Waals surface area contributed by atoms with Crippen LogP contribution in [0.2, 0.25) is 0 Å². The third-order valence-electron chi connectivity index (χ3n) is 3.08. The smallest absolute Gasteiger partial charge is 0.407 e. The predicted octanol–water partition coefficient (Wildman–Crippen LogP) is 1.62. The lowest BCUT2D eigenvalue weighted by Crippen LogP contribution is -2.38. The Balaban J connectivity index is 2.39. The summed E-state index contributed by atoms with van der Waals surface area (Å²) < 4.78 is 31.0. The Labute approximate surface area is 121 Å². The second-order valence-electron chi connectivity index (χ2n) is 6.30. The van der Waals surface area contributed by atoms with Crippen LogP contribution in [0.25, 0.3) is 0 Å². The Morgan fingerprint density at radius 3 is 2.50 bits per heavy atom. The average molecular weight is 306 g/mol. The number of hydrogen-bond donors (Lipinski definition) is 2. The standard InChI is InChI=1S/C13H26N2O4S/c1-5-14-20(17,18)9-10-6-7-11(8-10)15-12(16)19-13(2,3)4/h10-11,14H,5-9H2,1-4H3,(H,15,16)/t10-,11+/m1/s1. The number of ether oxygens (including phenoxy) is 1. The van der Waals surface area contributed by atoms with Gasteiger partial charge >= 0.3 is 6.09 Å². The number of nitrogens with one attached hydrogen (secondary N) is 2. The summed E-state index contributed by atoms with van der Waals surface area (Å²) in [4.78, 5) is 11.6. The van der Waals surface area contributed by atoms with Crippen molar-refractivity contribution in [2.45, 2.75) is 58.6 Å². The summed E-state index contributed by atoms with van der Waals surface area (Å²) in [5.41, 5.74) is -0.517. The van der Waals surface area contributed by atoms with E-state index in [1.165, 1.54) is 0 Å². The van der Waals surface area contributed by atoms with Gasteiger partial charge in [0.1, 0.15) is 5.60 Å². The van der Waals surface area contributed by atoms with E-state index in [-0.39, 0.29) is 17.7 Å². The van der Waals surface area contributed by atoms with Crippen LogP contribution >= 0.6 is 0 Å². The van der Waals surface area contributed by atoms with Crippen molar-refractivity contribution >= 4 is 16.1 Å². The van der Waals surface area contributed by atoms with Crippen molar-refractivity contribution in [2.24, 2.45) is 5.92 Å². The molecule has 1 aliphatic rings. The van der Waals surface area contributed by atoms with Gasteiger partial charge in [0.2, 0.25) is 10.0 Å². The van der Waals surface area contributed by atoms with Crippen LogP contribution in [0.4, 0.5) is 4.79 Å². The average Bonchev–Trinajstić information content (AvgIpc) is 2.60. The summed E-state index contributed by atoms with van der Waals surface area (Å²) in [7, 11) is -3.19. The minimum Gasteiger partial charge on any atom is -0.444 e. The Kier molecular flexibility index (Phi) is 5.82. The lowest BCUT2D eigenvalue weighted by atomic mass is 10.1. The molecule has 20 heavy (non-hydrogen) atoms. The molecular weight excluding hydrogens is 280 g/mol. The van der Waals surface area contributed by atoms with Crippen LogP contribution in [0.5, 0.6) is 0 Å². The fourth-order valence-electron chi connectivity index (χ4n) is 2.42. The highest BCUT2D eigenvalue weighted by molar-refractivity contribution is 7.89. The lowest BCUT2D eigenvalue weighted by molar-refractivity contribution is 0.0505. The minimum atomic E-state index is -3.19. The van der Waals surface area contributed by atoms with E-state index in [4.69, 9.17) is 4.74 Å². The van der Waals surface area contributed by atoms with Gasteiger partial charge in [-0.25, -0.2) is 17.9 Å². The molecule has 0 aliphatic heterocycles. The predicted molar refractivity (Wildman–Crippen MR) is 78.0 cm³/mol. The normalized spacial score (nSPS) is 23.6. The lowest BCUT2D eigenvalue weighted by Gasteiger charge is -2.21. The molecule has 1 rings (SSSR count). The molecule has 1 aliphatic carbocycles. The van der Waals surface area contributed by atoms with Gasteiger partial charge in [-0.3, -0.25) is 0 Å². The maximum Gasteiger partial charge on any atom is 0.407 e. The zero-order valence-corrected chi connectivity index (χ0v) is 13.5. The number of carbonyl (C=O) groups excluding carboxylic acids is 1. The molecule has 1 fully saturated rings. The van der Waals surface area contributed by atoms with Crippen LogP contribution in [0, 0.1) is 5.92 Å². The highest BCUT2D eigenvalue weighted by Gasteiger charge is 2.30. The van der Waals surface area contributed by atoms with Crippen molar-refractivity contribution in [3.8, 4) is 0 Å². The molecule has 0 aromatic carbocycles. The fourth-order valence-corrected chi connectivity index (χ4v) is 3.90. The van der Waals surface area contributed by atoms with Crippen molar-refractivity contribution < 1.29 is 17.9 Å². The van der Waals surface area contributed by atoms with Gasteiger partial charge in [-0.15, -0.1) is 0 Å². The monoisotopic (exact) mass is 306 g/mol. The zero-order chi connectivity index (χ0) is 15.4. The van der Waals surface area contributed by atoms with E-state index in [9.17, 15) is 13.2 Å². The molecule has 2 N–H and O–H groups in total. The molecule has 6 nitrogen and oxygen atoms in total. The van der Waals surface area contributed by atoms with Gasteiger partial charge in [0, 0.05) is 12.6 Å². The molecule has 0 radical (unpaired) electrons. The number of rotatable bonds is 5. The van der Waals surface area contributed by atoms with E-state index in [0.717, 1.165) is 12.8 Å². The van der Waals surface area contributed by atoms with E-state index in [0.29, 0.717) is 13.0 Å². The fraction of sp³-hybridized carbons (Fsp3) is 0.923. The molecule has 0 bridgehead atoms. The van der Waals surface area contributed by atoms with Crippen molar-refractivity contribution in [3.05, 3.63) is 0 Å². The van der Waals surface area contributed by atoms with Gasteiger partial charge in [-0.05, 0) is 46.0 Å². The highest BCUT2D eigenvalue weighted by atomic mass is 32.2. The molecule has 1 amide bonds. The number of carbonyl (C=O) groups is 1. The highest BCUT2D eigenvalue weighted by Crippen LogP contribution is 2.27. The molecule has 2 atom stereocenters. The number of amides is 1. The van der Waals surface area contributed by atoms with E-state index < -0.39 is 21.7 Å². The number of hydrogen-bond acceptors (Lipinski definition) is 4. The molecule has 0 spiro atoms.